The Morgan fingerprint density at radius 2 is 1.82 bits per heavy atom. The molecule has 2 heterocycles. The van der Waals surface area contributed by atoms with Crippen LogP contribution in [0, 0.1) is 5.82 Å². The van der Waals surface area contributed by atoms with E-state index in [1.807, 2.05) is 6.07 Å². The highest BCUT2D eigenvalue weighted by atomic mass is 32.2. The quantitative estimate of drug-likeness (QED) is 0.827. The first-order valence-electron chi connectivity index (χ1n) is 10.2. The third kappa shape index (κ3) is 4.13. The molecular formula is C23H29FN2OS. The van der Waals surface area contributed by atoms with Crippen molar-refractivity contribution in [1.29, 1.82) is 0 Å². The van der Waals surface area contributed by atoms with Gasteiger partial charge in [0.05, 0.1) is 6.61 Å². The number of hydrogen-bond acceptors (Lipinski definition) is 4. The van der Waals surface area contributed by atoms with Crippen molar-refractivity contribution >= 4 is 11.8 Å². The summed E-state index contributed by atoms with van der Waals surface area (Å²) in [6, 6.07) is 12.3. The van der Waals surface area contributed by atoms with Crippen LogP contribution in [0.1, 0.15) is 42.5 Å². The topological polar surface area (TPSA) is 26.7 Å². The predicted octanol–water partition coefficient (Wildman–Crippen LogP) is 4.31. The summed E-state index contributed by atoms with van der Waals surface area (Å²) in [5.41, 5.74) is 3.85. The summed E-state index contributed by atoms with van der Waals surface area (Å²) in [5, 5.41) is 9.22. The smallest absolute Gasteiger partial charge is 0.123 e. The standard InChI is InChI=1S/C23H29FN2OS/c1-16(2)17-3-5-23-20(14-17)21(26-9-7-25(8-10-26)11-12-27)15-18-13-19(24)4-6-22(18)28-23/h3-6,13-14,16,21,27H,7-12,15H2,1-2H3. The highest BCUT2D eigenvalue weighted by Gasteiger charge is 2.30. The van der Waals surface area contributed by atoms with E-state index in [1.165, 1.54) is 20.9 Å². The third-order valence-electron chi connectivity index (χ3n) is 5.98. The van der Waals surface area contributed by atoms with Gasteiger partial charge >= 0.3 is 0 Å². The Morgan fingerprint density at radius 3 is 2.54 bits per heavy atom. The molecule has 3 nitrogen and oxygen atoms in total. The van der Waals surface area contributed by atoms with Crippen LogP contribution in [-0.2, 0) is 6.42 Å². The monoisotopic (exact) mass is 400 g/mol. The Balaban J connectivity index is 1.70. The maximum absolute atomic E-state index is 14.0. The fraction of sp³-hybridized carbons (Fsp3) is 0.478. The van der Waals surface area contributed by atoms with Gasteiger partial charge in [0.2, 0.25) is 0 Å². The Hall–Kier alpha value is -1.40. The van der Waals surface area contributed by atoms with Gasteiger partial charge in [0.1, 0.15) is 5.82 Å². The van der Waals surface area contributed by atoms with Gasteiger partial charge in [-0.25, -0.2) is 4.39 Å². The van der Waals surface area contributed by atoms with Crippen LogP contribution in [0.2, 0.25) is 0 Å². The van der Waals surface area contributed by atoms with Gasteiger partial charge in [-0.05, 0) is 53.3 Å². The fourth-order valence-electron chi connectivity index (χ4n) is 4.29. The van der Waals surface area contributed by atoms with Crippen molar-refractivity contribution in [3.05, 3.63) is 58.9 Å². The lowest BCUT2D eigenvalue weighted by atomic mass is 9.93. The van der Waals surface area contributed by atoms with Gasteiger partial charge in [0, 0.05) is 48.6 Å². The molecule has 0 radical (unpaired) electrons. The van der Waals surface area contributed by atoms with Gasteiger partial charge in [-0.1, -0.05) is 37.7 Å². The molecule has 1 atom stereocenters. The summed E-state index contributed by atoms with van der Waals surface area (Å²) < 4.78 is 14.0. The molecule has 0 aliphatic carbocycles. The van der Waals surface area contributed by atoms with E-state index in [-0.39, 0.29) is 18.5 Å². The van der Waals surface area contributed by atoms with E-state index >= 15 is 0 Å². The molecule has 5 heteroatoms. The number of piperazine rings is 1. The Kier molecular flexibility index (Phi) is 6.07. The van der Waals surface area contributed by atoms with Crippen LogP contribution in [0.15, 0.2) is 46.2 Å². The molecule has 0 amide bonds. The first-order chi connectivity index (χ1) is 13.5. The van der Waals surface area contributed by atoms with Crippen molar-refractivity contribution in [2.45, 2.75) is 42.0 Å². The predicted molar refractivity (Wildman–Crippen MR) is 113 cm³/mol. The summed E-state index contributed by atoms with van der Waals surface area (Å²) in [5.74, 6) is 0.333. The number of hydrogen-bond donors (Lipinski definition) is 1. The molecule has 0 bridgehead atoms. The molecule has 1 fully saturated rings. The first-order valence-corrected chi connectivity index (χ1v) is 11.0. The highest BCUT2D eigenvalue weighted by Crippen LogP contribution is 2.44. The van der Waals surface area contributed by atoms with Crippen molar-refractivity contribution < 1.29 is 9.50 Å². The van der Waals surface area contributed by atoms with Gasteiger partial charge in [-0.15, -0.1) is 0 Å². The molecule has 0 saturated carbocycles. The minimum absolute atomic E-state index is 0.153. The van der Waals surface area contributed by atoms with Crippen molar-refractivity contribution in [1.82, 2.24) is 9.80 Å². The van der Waals surface area contributed by atoms with E-state index in [9.17, 15) is 9.50 Å². The summed E-state index contributed by atoms with van der Waals surface area (Å²) in [6.45, 7) is 9.33. The number of aliphatic hydroxyl groups excluding tert-OH is 1. The molecular weight excluding hydrogens is 371 g/mol. The number of aliphatic hydroxyl groups is 1. The van der Waals surface area contributed by atoms with E-state index in [1.54, 1.807) is 23.9 Å². The molecule has 2 aromatic carbocycles. The van der Waals surface area contributed by atoms with Crippen LogP contribution in [0.25, 0.3) is 0 Å². The maximum atomic E-state index is 14.0. The van der Waals surface area contributed by atoms with Crippen LogP contribution in [-0.4, -0.2) is 54.2 Å². The molecule has 150 valence electrons. The Labute approximate surface area is 171 Å². The summed E-state index contributed by atoms with van der Waals surface area (Å²) >= 11 is 1.77. The van der Waals surface area contributed by atoms with Gasteiger partial charge < -0.3 is 5.11 Å². The number of fused-ring (bicyclic) bond motifs is 2. The van der Waals surface area contributed by atoms with E-state index in [4.69, 9.17) is 0 Å². The van der Waals surface area contributed by atoms with Crippen LogP contribution in [0.5, 0.6) is 0 Å². The average molecular weight is 401 g/mol. The molecule has 2 aromatic rings. The second kappa shape index (κ2) is 8.54. The number of β-amino-alcohol motifs (C(OH)–C–C–N with tert-alkyl or cyclic N) is 1. The van der Waals surface area contributed by atoms with Crippen LogP contribution < -0.4 is 0 Å². The van der Waals surface area contributed by atoms with Gasteiger partial charge in [0.15, 0.2) is 0 Å². The van der Waals surface area contributed by atoms with Crippen molar-refractivity contribution in [3.63, 3.8) is 0 Å². The van der Waals surface area contributed by atoms with E-state index in [2.05, 4.69) is 41.8 Å². The first kappa shape index (κ1) is 19.9. The zero-order valence-electron chi connectivity index (χ0n) is 16.7. The lowest BCUT2D eigenvalue weighted by Gasteiger charge is -2.39. The molecule has 2 aliphatic heterocycles. The molecule has 1 saturated heterocycles. The number of rotatable bonds is 4. The van der Waals surface area contributed by atoms with E-state index in [0.717, 1.165) is 44.7 Å². The maximum Gasteiger partial charge on any atom is 0.123 e. The van der Waals surface area contributed by atoms with Crippen LogP contribution in [0.3, 0.4) is 0 Å². The highest BCUT2D eigenvalue weighted by molar-refractivity contribution is 7.99. The molecule has 1 unspecified atom stereocenters. The molecule has 2 aliphatic rings. The van der Waals surface area contributed by atoms with E-state index < -0.39 is 0 Å². The third-order valence-corrected chi connectivity index (χ3v) is 7.19. The minimum Gasteiger partial charge on any atom is -0.395 e. The Bertz CT molecular complexity index is 833. The van der Waals surface area contributed by atoms with E-state index in [0.29, 0.717) is 5.92 Å². The molecule has 1 N–H and O–H groups in total. The van der Waals surface area contributed by atoms with Gasteiger partial charge in [0.25, 0.3) is 0 Å². The average Bonchev–Trinajstić information content (AvgIpc) is 2.84. The SMILES string of the molecule is CC(C)c1ccc2c(c1)C(N1CCN(CCO)CC1)Cc1cc(F)ccc1S2. The van der Waals surface area contributed by atoms with Crippen LogP contribution >= 0.6 is 11.8 Å². The summed E-state index contributed by atoms with van der Waals surface area (Å²) in [4.78, 5) is 7.33. The molecule has 0 spiro atoms. The van der Waals surface area contributed by atoms with Crippen molar-refractivity contribution in [3.8, 4) is 0 Å². The zero-order chi connectivity index (χ0) is 19.7. The van der Waals surface area contributed by atoms with Crippen molar-refractivity contribution in [2.24, 2.45) is 0 Å². The Morgan fingerprint density at radius 1 is 1.07 bits per heavy atom. The van der Waals surface area contributed by atoms with Gasteiger partial charge in [-0.2, -0.15) is 0 Å². The minimum atomic E-state index is -0.153. The molecule has 28 heavy (non-hydrogen) atoms. The molecule has 4 rings (SSSR count). The number of halogens is 1. The normalized spacial score (nSPS) is 20.7. The van der Waals surface area contributed by atoms with Crippen molar-refractivity contribution in [2.75, 3.05) is 39.3 Å². The lowest BCUT2D eigenvalue weighted by Crippen LogP contribution is -2.48. The number of benzene rings is 2. The zero-order valence-corrected chi connectivity index (χ0v) is 17.5. The second-order valence-electron chi connectivity index (χ2n) is 8.13. The van der Waals surface area contributed by atoms with Crippen LogP contribution in [0.4, 0.5) is 4.39 Å². The second-order valence-corrected chi connectivity index (χ2v) is 9.21. The fourth-order valence-corrected chi connectivity index (χ4v) is 5.38. The lowest BCUT2D eigenvalue weighted by molar-refractivity contribution is 0.0823. The summed E-state index contributed by atoms with van der Waals surface area (Å²) in [7, 11) is 0. The summed E-state index contributed by atoms with van der Waals surface area (Å²) in [6.07, 6.45) is 0.842. The largest absolute Gasteiger partial charge is 0.395 e. The number of nitrogens with zero attached hydrogens (tertiary/aromatic N) is 2. The molecule has 0 aromatic heterocycles. The van der Waals surface area contributed by atoms with Gasteiger partial charge in [-0.3, -0.25) is 9.80 Å².